The molecular formula is C22H37NaO3S. The normalized spacial score (nSPS) is 10.1. The van der Waals surface area contributed by atoms with E-state index in [0.717, 1.165) is 28.5 Å². The molecule has 150 valence electrons. The molecule has 0 fully saturated rings. The van der Waals surface area contributed by atoms with Gasteiger partial charge in [-0.15, -0.1) is 0 Å². The summed E-state index contributed by atoms with van der Waals surface area (Å²) in [6, 6.07) is 11.6. The smallest absolute Gasteiger partial charge is 0.744 e. The zero-order chi connectivity index (χ0) is 20.9. The molecule has 0 bridgehead atoms. The van der Waals surface area contributed by atoms with Gasteiger partial charge in [-0.1, -0.05) is 92.6 Å². The minimum atomic E-state index is -4.34. The zero-order valence-corrected chi connectivity index (χ0v) is 21.7. The van der Waals surface area contributed by atoms with Crippen LogP contribution in [0, 0.1) is 17.8 Å². The summed E-state index contributed by atoms with van der Waals surface area (Å²) in [6.07, 6.45) is 0. The van der Waals surface area contributed by atoms with Crippen LogP contribution in [-0.4, -0.2) is 13.0 Å². The summed E-state index contributed by atoms with van der Waals surface area (Å²) in [4.78, 5) is -0.184. The maximum absolute atomic E-state index is 10.7. The summed E-state index contributed by atoms with van der Waals surface area (Å²) >= 11 is 0. The van der Waals surface area contributed by atoms with Crippen LogP contribution in [-0.2, 0) is 10.1 Å². The fraction of sp³-hybridized carbons (Fsp3) is 0.545. The third kappa shape index (κ3) is 21.8. The van der Waals surface area contributed by atoms with Crippen molar-refractivity contribution in [2.45, 2.75) is 67.2 Å². The van der Waals surface area contributed by atoms with Crippen LogP contribution in [0.1, 0.15) is 62.3 Å². The molecule has 0 aliphatic rings. The topological polar surface area (TPSA) is 57.2 Å². The van der Waals surface area contributed by atoms with E-state index >= 15 is 0 Å². The van der Waals surface area contributed by atoms with Crippen molar-refractivity contribution in [3.63, 3.8) is 0 Å². The van der Waals surface area contributed by atoms with E-state index in [9.17, 15) is 13.0 Å². The monoisotopic (exact) mass is 404 g/mol. The fourth-order valence-corrected chi connectivity index (χ4v) is 1.83. The Morgan fingerprint density at radius 1 is 0.667 bits per heavy atom. The van der Waals surface area contributed by atoms with Crippen molar-refractivity contribution in [3.8, 4) is 0 Å². The quantitative estimate of drug-likeness (QED) is 0.537. The number of benzene rings is 2. The van der Waals surface area contributed by atoms with Crippen molar-refractivity contribution in [2.24, 2.45) is 17.8 Å². The summed E-state index contributed by atoms with van der Waals surface area (Å²) in [7, 11) is -4.34. The van der Waals surface area contributed by atoms with Crippen molar-refractivity contribution < 1.29 is 42.5 Å². The Balaban J connectivity index is -0.000000371. The van der Waals surface area contributed by atoms with Gasteiger partial charge in [-0.25, -0.2) is 8.42 Å². The van der Waals surface area contributed by atoms with Gasteiger partial charge in [0, 0.05) is 0 Å². The molecule has 0 saturated carbocycles. The first-order chi connectivity index (χ1) is 11.8. The summed E-state index contributed by atoms with van der Waals surface area (Å²) in [5.74, 6) is 2.50. The molecule has 0 N–H and O–H groups in total. The third-order valence-electron chi connectivity index (χ3n) is 2.01. The van der Waals surface area contributed by atoms with E-state index < -0.39 is 10.1 Å². The standard InChI is InChI=1S/C10H8O3S.3C4H10.Na/c11-14(12,13)10-6-5-8-3-1-2-4-9(8)7-10;3*1-4(2)3;/h1-7H,(H,11,12,13);3*4H,1-3H3;/q;;;;+1/p-1. The molecule has 5 heteroatoms. The predicted octanol–water partition coefficient (Wildman–Crippen LogP) is 3.73. The largest absolute Gasteiger partial charge is 1.00 e. The second kappa shape index (κ2) is 16.6. The molecule has 0 heterocycles. The Morgan fingerprint density at radius 3 is 1.33 bits per heavy atom. The molecule has 27 heavy (non-hydrogen) atoms. The minimum Gasteiger partial charge on any atom is -0.744 e. The summed E-state index contributed by atoms with van der Waals surface area (Å²) in [5.41, 5.74) is 0. The molecule has 0 amide bonds. The molecule has 0 spiro atoms. The fourth-order valence-electron chi connectivity index (χ4n) is 1.32. The van der Waals surface area contributed by atoms with Crippen molar-refractivity contribution >= 4 is 20.9 Å². The Morgan fingerprint density at radius 2 is 1.00 bits per heavy atom. The maximum atomic E-state index is 10.7. The first kappa shape index (κ1) is 31.3. The number of rotatable bonds is 1. The van der Waals surface area contributed by atoms with Crippen LogP contribution >= 0.6 is 0 Å². The van der Waals surface area contributed by atoms with Gasteiger partial charge >= 0.3 is 29.6 Å². The van der Waals surface area contributed by atoms with E-state index in [-0.39, 0.29) is 34.5 Å². The molecule has 0 aliphatic heterocycles. The third-order valence-corrected chi connectivity index (χ3v) is 2.84. The SMILES string of the molecule is CC(C)C.CC(C)C.CC(C)C.O=S(=O)([O-])c1ccc2ccccc2c1.[Na+]. The molecule has 0 atom stereocenters. The molecule has 2 aromatic rings. The molecule has 0 radical (unpaired) electrons. The van der Waals surface area contributed by atoms with Gasteiger partial charge in [-0.05, 0) is 40.7 Å². The molecule has 3 nitrogen and oxygen atoms in total. The van der Waals surface area contributed by atoms with Crippen LogP contribution in [0.15, 0.2) is 47.4 Å². The molecule has 0 unspecified atom stereocenters. The first-order valence-electron chi connectivity index (χ1n) is 9.22. The van der Waals surface area contributed by atoms with Gasteiger partial charge in [0.2, 0.25) is 0 Å². The van der Waals surface area contributed by atoms with Crippen molar-refractivity contribution in [1.82, 2.24) is 0 Å². The van der Waals surface area contributed by atoms with E-state index in [1.165, 1.54) is 12.1 Å². The molecule has 0 aromatic heterocycles. The maximum Gasteiger partial charge on any atom is 1.00 e. The van der Waals surface area contributed by atoms with E-state index in [2.05, 4.69) is 62.3 Å². The average Bonchev–Trinajstić information content (AvgIpc) is 2.44. The van der Waals surface area contributed by atoms with Gasteiger partial charge in [0.05, 0.1) is 4.90 Å². The van der Waals surface area contributed by atoms with Crippen LogP contribution in [0.5, 0.6) is 0 Å². The van der Waals surface area contributed by atoms with E-state index in [1.54, 1.807) is 18.2 Å². The molecule has 0 aliphatic carbocycles. The molecule has 2 rings (SSSR count). The van der Waals surface area contributed by atoms with Crippen molar-refractivity contribution in [3.05, 3.63) is 42.5 Å². The zero-order valence-electron chi connectivity index (χ0n) is 18.9. The van der Waals surface area contributed by atoms with E-state index in [1.807, 2.05) is 12.1 Å². The number of fused-ring (bicyclic) bond motifs is 1. The van der Waals surface area contributed by atoms with Crippen LogP contribution < -0.4 is 29.6 Å². The predicted molar refractivity (Wildman–Crippen MR) is 113 cm³/mol. The van der Waals surface area contributed by atoms with Gasteiger partial charge in [0.25, 0.3) is 0 Å². The van der Waals surface area contributed by atoms with Crippen LogP contribution in [0.2, 0.25) is 0 Å². The number of hydrogen-bond donors (Lipinski definition) is 0. The summed E-state index contributed by atoms with van der Waals surface area (Å²) in [6.45, 7) is 19.5. The summed E-state index contributed by atoms with van der Waals surface area (Å²) in [5, 5.41) is 1.67. The Kier molecular flexibility index (Phi) is 19.2. The van der Waals surface area contributed by atoms with Crippen molar-refractivity contribution in [1.29, 1.82) is 0 Å². The average molecular weight is 405 g/mol. The van der Waals surface area contributed by atoms with E-state index in [0.29, 0.717) is 0 Å². The Hall–Kier alpha value is -0.390. The second-order valence-electron chi connectivity index (χ2n) is 8.16. The molecular weight excluding hydrogens is 367 g/mol. The molecule has 0 saturated heterocycles. The first-order valence-corrected chi connectivity index (χ1v) is 10.6. The Labute approximate surface area is 190 Å². The van der Waals surface area contributed by atoms with Gasteiger partial charge in [0.15, 0.2) is 0 Å². The minimum absolute atomic E-state index is 0. The van der Waals surface area contributed by atoms with Gasteiger partial charge in [-0.3, -0.25) is 0 Å². The van der Waals surface area contributed by atoms with Crippen LogP contribution in [0.4, 0.5) is 0 Å². The van der Waals surface area contributed by atoms with Crippen LogP contribution in [0.3, 0.4) is 0 Å². The number of hydrogen-bond acceptors (Lipinski definition) is 3. The molecule has 2 aromatic carbocycles. The van der Waals surface area contributed by atoms with Gasteiger partial charge < -0.3 is 4.55 Å². The Bertz CT molecular complexity index is 686. The van der Waals surface area contributed by atoms with Crippen LogP contribution in [0.25, 0.3) is 10.8 Å². The van der Waals surface area contributed by atoms with Crippen molar-refractivity contribution in [2.75, 3.05) is 0 Å². The van der Waals surface area contributed by atoms with E-state index in [4.69, 9.17) is 0 Å². The second-order valence-corrected chi connectivity index (χ2v) is 9.54. The van der Waals surface area contributed by atoms with Gasteiger partial charge in [0.1, 0.15) is 10.1 Å². The summed E-state index contributed by atoms with van der Waals surface area (Å²) < 4.78 is 32.2. The van der Waals surface area contributed by atoms with Gasteiger partial charge in [-0.2, -0.15) is 0 Å².